The molecule has 0 saturated carbocycles. The second-order valence-electron chi connectivity index (χ2n) is 5.83. The van der Waals surface area contributed by atoms with Crippen LogP contribution in [0.3, 0.4) is 0 Å². The predicted molar refractivity (Wildman–Crippen MR) is 73.0 cm³/mol. The van der Waals surface area contributed by atoms with Gasteiger partial charge in [-0.3, -0.25) is 0 Å². The maximum Gasteiger partial charge on any atom is 0.103 e. The highest BCUT2D eigenvalue weighted by Crippen LogP contribution is 2.23. The van der Waals surface area contributed by atoms with Gasteiger partial charge in [-0.2, -0.15) is 0 Å². The Morgan fingerprint density at radius 1 is 1.11 bits per heavy atom. The molecule has 0 radical (unpaired) electrons. The highest BCUT2D eigenvalue weighted by atomic mass is 16.4. The predicted octanol–water partition coefficient (Wildman–Crippen LogP) is -1.88. The summed E-state index contributed by atoms with van der Waals surface area (Å²) in [6.07, 6.45) is 0.924. The molecule has 5 N–H and O–H groups in total. The van der Waals surface area contributed by atoms with E-state index < -0.39 is 12.2 Å². The van der Waals surface area contributed by atoms with E-state index in [-0.39, 0.29) is 12.1 Å². The van der Waals surface area contributed by atoms with Crippen molar-refractivity contribution >= 4 is 0 Å². The summed E-state index contributed by atoms with van der Waals surface area (Å²) < 4.78 is 0. The standard InChI is InChI=1S/C13H27N3O3/c17-9-12(19)11(18)1-6-16-7-2-13(3-8-16)10-14-4-5-15-13/h11-12,14-15,17-19H,1-10H2/t11-,12+/m0/s1. The molecule has 19 heavy (non-hydrogen) atoms. The van der Waals surface area contributed by atoms with Gasteiger partial charge in [-0.25, -0.2) is 0 Å². The molecular weight excluding hydrogens is 246 g/mol. The molecule has 2 rings (SSSR count). The molecule has 6 nitrogen and oxygen atoms in total. The first-order valence-corrected chi connectivity index (χ1v) is 7.30. The molecule has 1 spiro atoms. The number of piperazine rings is 1. The van der Waals surface area contributed by atoms with E-state index in [9.17, 15) is 10.2 Å². The zero-order chi connectivity index (χ0) is 13.7. The Hall–Kier alpha value is -0.240. The van der Waals surface area contributed by atoms with Crippen LogP contribution in [0.15, 0.2) is 0 Å². The second-order valence-corrected chi connectivity index (χ2v) is 5.83. The molecule has 0 bridgehead atoms. The van der Waals surface area contributed by atoms with E-state index in [1.807, 2.05) is 0 Å². The third-order valence-electron chi connectivity index (χ3n) is 4.45. The first kappa shape index (κ1) is 15.2. The van der Waals surface area contributed by atoms with E-state index in [2.05, 4.69) is 15.5 Å². The number of aliphatic hydroxyl groups excluding tert-OH is 3. The van der Waals surface area contributed by atoms with Gasteiger partial charge >= 0.3 is 0 Å². The zero-order valence-corrected chi connectivity index (χ0v) is 11.5. The van der Waals surface area contributed by atoms with Gasteiger partial charge in [0.25, 0.3) is 0 Å². The Kier molecular flexibility index (Phi) is 5.56. The summed E-state index contributed by atoms with van der Waals surface area (Å²) >= 11 is 0. The van der Waals surface area contributed by atoms with Crippen molar-refractivity contribution in [3.8, 4) is 0 Å². The van der Waals surface area contributed by atoms with Crippen molar-refractivity contribution in [2.75, 3.05) is 45.9 Å². The number of piperidine rings is 1. The minimum absolute atomic E-state index is 0.262. The molecule has 2 heterocycles. The molecule has 2 fully saturated rings. The average molecular weight is 273 g/mol. The van der Waals surface area contributed by atoms with Crippen molar-refractivity contribution in [2.24, 2.45) is 0 Å². The van der Waals surface area contributed by atoms with Crippen molar-refractivity contribution in [1.82, 2.24) is 15.5 Å². The van der Waals surface area contributed by atoms with Gasteiger partial charge in [0.15, 0.2) is 0 Å². The zero-order valence-electron chi connectivity index (χ0n) is 11.5. The Morgan fingerprint density at radius 2 is 1.84 bits per heavy atom. The van der Waals surface area contributed by atoms with Crippen LogP contribution in [0, 0.1) is 0 Å². The fourth-order valence-corrected chi connectivity index (χ4v) is 2.99. The van der Waals surface area contributed by atoms with Crippen LogP contribution in [-0.2, 0) is 0 Å². The minimum atomic E-state index is -1.01. The third-order valence-corrected chi connectivity index (χ3v) is 4.45. The highest BCUT2D eigenvalue weighted by Gasteiger charge is 2.35. The third kappa shape index (κ3) is 4.11. The summed E-state index contributed by atoms with van der Waals surface area (Å²) in [6, 6.07) is 0. The highest BCUT2D eigenvalue weighted by molar-refractivity contribution is 4.97. The topological polar surface area (TPSA) is 88.0 Å². The lowest BCUT2D eigenvalue weighted by Crippen LogP contribution is -2.63. The number of nitrogens with one attached hydrogen (secondary N) is 2. The maximum absolute atomic E-state index is 9.63. The maximum atomic E-state index is 9.63. The first-order valence-electron chi connectivity index (χ1n) is 7.30. The Morgan fingerprint density at radius 3 is 2.42 bits per heavy atom. The number of hydrogen-bond donors (Lipinski definition) is 5. The van der Waals surface area contributed by atoms with Crippen LogP contribution < -0.4 is 10.6 Å². The summed E-state index contributed by atoms with van der Waals surface area (Å²) in [7, 11) is 0. The van der Waals surface area contributed by atoms with Gasteiger partial charge in [0.05, 0.1) is 12.7 Å². The van der Waals surface area contributed by atoms with Gasteiger partial charge in [0, 0.05) is 31.7 Å². The first-order chi connectivity index (χ1) is 9.15. The van der Waals surface area contributed by atoms with E-state index in [4.69, 9.17) is 5.11 Å². The van der Waals surface area contributed by atoms with Gasteiger partial charge in [-0.1, -0.05) is 0 Å². The molecular formula is C13H27N3O3. The fraction of sp³-hybridized carbons (Fsp3) is 1.00. The molecule has 0 aliphatic carbocycles. The van der Waals surface area contributed by atoms with Crippen LogP contribution in [-0.4, -0.2) is 83.8 Å². The molecule has 0 unspecified atom stereocenters. The van der Waals surface area contributed by atoms with Crippen LogP contribution in [0.2, 0.25) is 0 Å². The van der Waals surface area contributed by atoms with Gasteiger partial charge in [0.1, 0.15) is 6.10 Å². The molecule has 6 heteroatoms. The van der Waals surface area contributed by atoms with Crippen LogP contribution in [0.1, 0.15) is 19.3 Å². The number of nitrogens with zero attached hydrogens (tertiary/aromatic N) is 1. The average Bonchev–Trinajstić information content (AvgIpc) is 2.46. The fourth-order valence-electron chi connectivity index (χ4n) is 2.99. The van der Waals surface area contributed by atoms with Crippen LogP contribution in [0.25, 0.3) is 0 Å². The number of likely N-dealkylation sites (tertiary alicyclic amines) is 1. The van der Waals surface area contributed by atoms with Crippen LogP contribution in [0.5, 0.6) is 0 Å². The smallest absolute Gasteiger partial charge is 0.103 e. The van der Waals surface area contributed by atoms with Gasteiger partial charge in [0.2, 0.25) is 0 Å². The summed E-state index contributed by atoms with van der Waals surface area (Å²) in [5, 5.41) is 34.8. The van der Waals surface area contributed by atoms with Crippen molar-refractivity contribution in [3.05, 3.63) is 0 Å². The van der Waals surface area contributed by atoms with E-state index >= 15 is 0 Å². The van der Waals surface area contributed by atoms with Crippen LogP contribution in [0.4, 0.5) is 0 Å². The summed E-state index contributed by atoms with van der Waals surface area (Å²) in [5.41, 5.74) is 0.262. The van der Waals surface area contributed by atoms with E-state index in [0.29, 0.717) is 6.42 Å². The lowest BCUT2D eigenvalue weighted by atomic mass is 9.86. The molecule has 0 aromatic carbocycles. The summed E-state index contributed by atoms with van der Waals surface area (Å²) in [5.74, 6) is 0. The van der Waals surface area contributed by atoms with Crippen molar-refractivity contribution < 1.29 is 15.3 Å². The Bertz CT molecular complexity index is 259. The number of rotatable bonds is 5. The number of aliphatic hydroxyl groups is 3. The van der Waals surface area contributed by atoms with Crippen molar-refractivity contribution in [2.45, 2.75) is 37.0 Å². The van der Waals surface area contributed by atoms with E-state index in [1.54, 1.807) is 0 Å². The molecule has 2 aliphatic heterocycles. The molecule has 2 saturated heterocycles. The number of hydrogen-bond acceptors (Lipinski definition) is 6. The quantitative estimate of drug-likeness (QED) is 0.403. The van der Waals surface area contributed by atoms with Crippen LogP contribution >= 0.6 is 0 Å². The second kappa shape index (κ2) is 6.97. The normalized spacial score (nSPS) is 27.3. The van der Waals surface area contributed by atoms with Gasteiger partial charge in [-0.05, 0) is 32.4 Å². The molecule has 112 valence electrons. The van der Waals surface area contributed by atoms with Crippen molar-refractivity contribution in [1.29, 1.82) is 0 Å². The van der Waals surface area contributed by atoms with E-state index in [0.717, 1.165) is 52.1 Å². The monoisotopic (exact) mass is 273 g/mol. The van der Waals surface area contributed by atoms with Gasteiger partial charge in [-0.15, -0.1) is 0 Å². The molecule has 0 aromatic heterocycles. The van der Waals surface area contributed by atoms with Gasteiger partial charge < -0.3 is 30.9 Å². The SMILES string of the molecule is OC[C@@H](O)[C@@H](O)CCN1CCC2(CC1)CNCCN2. The largest absolute Gasteiger partial charge is 0.394 e. The minimum Gasteiger partial charge on any atom is -0.394 e. The lowest BCUT2D eigenvalue weighted by molar-refractivity contribution is -0.0231. The van der Waals surface area contributed by atoms with E-state index in [1.165, 1.54) is 0 Å². The van der Waals surface area contributed by atoms with Crippen molar-refractivity contribution in [3.63, 3.8) is 0 Å². The Balaban J connectivity index is 1.68. The lowest BCUT2D eigenvalue weighted by Gasteiger charge is -2.45. The molecule has 2 aliphatic rings. The Labute approximate surface area is 114 Å². The molecule has 0 aromatic rings. The summed E-state index contributed by atoms with van der Waals surface area (Å²) in [6.45, 7) is 5.60. The molecule has 2 atom stereocenters. The molecule has 0 amide bonds. The summed E-state index contributed by atoms with van der Waals surface area (Å²) in [4.78, 5) is 2.33.